The molecule has 1 aromatic carbocycles. The lowest BCUT2D eigenvalue weighted by Gasteiger charge is -2.18. The average Bonchev–Trinajstić information content (AvgIpc) is 2.58. The molecule has 144 valence electrons. The number of rotatable bonds is 14. The van der Waals surface area contributed by atoms with Crippen LogP contribution in [0.1, 0.15) is 51.5 Å². The van der Waals surface area contributed by atoms with Gasteiger partial charge in [-0.15, -0.1) is 0 Å². The van der Waals surface area contributed by atoms with Crippen LogP contribution in [0.4, 0.5) is 0 Å². The highest BCUT2D eigenvalue weighted by Gasteiger charge is 2.17. The van der Waals surface area contributed by atoms with Crippen LogP contribution in [0.2, 0.25) is 0 Å². The maximum Gasteiger partial charge on any atom is 0.296 e. The summed E-state index contributed by atoms with van der Waals surface area (Å²) in [6, 6.07) is 6.64. The van der Waals surface area contributed by atoms with Gasteiger partial charge in [0.25, 0.3) is 10.1 Å². The number of hydrogen-bond donors (Lipinski definition) is 0. The van der Waals surface area contributed by atoms with Crippen molar-refractivity contribution in [3.63, 3.8) is 0 Å². The third-order valence-electron chi connectivity index (χ3n) is 3.79. The van der Waals surface area contributed by atoms with E-state index in [0.717, 1.165) is 31.2 Å². The molecule has 0 bridgehead atoms. The van der Waals surface area contributed by atoms with E-state index in [4.69, 9.17) is 13.7 Å². The van der Waals surface area contributed by atoms with Crippen molar-refractivity contribution in [2.75, 3.05) is 26.4 Å². The van der Waals surface area contributed by atoms with Gasteiger partial charge >= 0.3 is 0 Å². The molecule has 1 rings (SSSR count). The highest BCUT2D eigenvalue weighted by molar-refractivity contribution is 7.86. The molecule has 0 unspecified atom stereocenters. The Balaban J connectivity index is 2.46. The monoisotopic (exact) mass is 372 g/mol. The minimum atomic E-state index is -3.72. The summed E-state index contributed by atoms with van der Waals surface area (Å²) >= 11 is 0. The lowest BCUT2D eigenvalue weighted by molar-refractivity contribution is -0.0266. The van der Waals surface area contributed by atoms with Crippen molar-refractivity contribution in [1.29, 1.82) is 0 Å². The molecule has 5 nitrogen and oxygen atoms in total. The second-order valence-electron chi connectivity index (χ2n) is 6.15. The molecule has 0 aliphatic heterocycles. The minimum absolute atomic E-state index is 0.0874. The number of unbranched alkanes of at least 4 members (excludes halogenated alkanes) is 2. The Hall–Kier alpha value is -0.950. The van der Waals surface area contributed by atoms with Gasteiger partial charge in [-0.3, -0.25) is 4.18 Å². The summed E-state index contributed by atoms with van der Waals surface area (Å²) in [5.41, 5.74) is 1.01. The van der Waals surface area contributed by atoms with E-state index in [0.29, 0.717) is 26.2 Å². The first-order valence-electron chi connectivity index (χ1n) is 9.15. The largest absolute Gasteiger partial charge is 0.379 e. The van der Waals surface area contributed by atoms with Crippen LogP contribution in [0.5, 0.6) is 0 Å². The van der Waals surface area contributed by atoms with Crippen LogP contribution in [0.3, 0.4) is 0 Å². The fraction of sp³-hybridized carbons (Fsp3) is 0.684. The van der Waals surface area contributed by atoms with Gasteiger partial charge in [0, 0.05) is 19.6 Å². The van der Waals surface area contributed by atoms with E-state index in [-0.39, 0.29) is 17.6 Å². The second-order valence-corrected chi connectivity index (χ2v) is 7.77. The second kappa shape index (κ2) is 12.4. The Morgan fingerprint density at radius 3 is 2.24 bits per heavy atom. The Kier molecular flexibility index (Phi) is 11.0. The summed E-state index contributed by atoms with van der Waals surface area (Å²) in [6.45, 7) is 8.04. The molecule has 0 radical (unpaired) electrons. The summed E-state index contributed by atoms with van der Waals surface area (Å²) in [5.74, 6) is 0. The van der Waals surface area contributed by atoms with Crippen molar-refractivity contribution < 1.29 is 22.1 Å². The first kappa shape index (κ1) is 22.1. The molecule has 0 N–H and O–H groups in total. The van der Waals surface area contributed by atoms with E-state index >= 15 is 0 Å². The van der Waals surface area contributed by atoms with Crippen LogP contribution in [0.25, 0.3) is 0 Å². The summed E-state index contributed by atoms with van der Waals surface area (Å²) in [4.78, 5) is 0.181. The van der Waals surface area contributed by atoms with E-state index in [1.54, 1.807) is 24.3 Å². The van der Waals surface area contributed by atoms with Crippen molar-refractivity contribution in [2.45, 2.75) is 63.9 Å². The summed E-state index contributed by atoms with van der Waals surface area (Å²) in [7, 11) is -3.72. The van der Waals surface area contributed by atoms with Crippen molar-refractivity contribution >= 4 is 10.1 Å². The van der Waals surface area contributed by atoms with Gasteiger partial charge < -0.3 is 9.47 Å². The van der Waals surface area contributed by atoms with Gasteiger partial charge in [0.05, 0.1) is 24.2 Å². The van der Waals surface area contributed by atoms with Crippen LogP contribution >= 0.6 is 0 Å². The summed E-state index contributed by atoms with van der Waals surface area (Å²) in [5, 5.41) is 0. The molecule has 1 aromatic rings. The fourth-order valence-corrected chi connectivity index (χ4v) is 3.05. The Morgan fingerprint density at radius 1 is 0.960 bits per heavy atom. The molecular weight excluding hydrogens is 340 g/mol. The average molecular weight is 373 g/mol. The predicted molar refractivity (Wildman–Crippen MR) is 99.3 cm³/mol. The van der Waals surface area contributed by atoms with Crippen LogP contribution in [-0.4, -0.2) is 40.9 Å². The quantitative estimate of drug-likeness (QED) is 0.363. The smallest absolute Gasteiger partial charge is 0.296 e. The third kappa shape index (κ3) is 9.35. The molecule has 1 atom stereocenters. The summed E-state index contributed by atoms with van der Waals surface area (Å²) < 4.78 is 41.0. The van der Waals surface area contributed by atoms with E-state index < -0.39 is 10.1 Å². The molecule has 0 fully saturated rings. The van der Waals surface area contributed by atoms with Gasteiger partial charge in [-0.2, -0.15) is 8.42 Å². The van der Waals surface area contributed by atoms with Crippen LogP contribution in [-0.2, 0) is 23.8 Å². The van der Waals surface area contributed by atoms with E-state index in [1.165, 1.54) is 0 Å². The molecular formula is C19H32O5S. The highest BCUT2D eigenvalue weighted by Crippen LogP contribution is 2.14. The van der Waals surface area contributed by atoms with E-state index in [2.05, 4.69) is 13.8 Å². The fourth-order valence-electron chi connectivity index (χ4n) is 2.13. The maximum atomic E-state index is 12.2. The van der Waals surface area contributed by atoms with Crippen LogP contribution in [0, 0.1) is 6.92 Å². The number of hydrogen-bond acceptors (Lipinski definition) is 5. The molecule has 0 spiro atoms. The molecule has 0 aromatic heterocycles. The SMILES string of the molecule is CCCCOC[C@@H](CCOS(=O)(=O)c1ccc(C)cc1)OCCCC. The number of ether oxygens (including phenoxy) is 2. The lowest BCUT2D eigenvalue weighted by atomic mass is 10.2. The van der Waals surface area contributed by atoms with E-state index in [9.17, 15) is 8.42 Å². The van der Waals surface area contributed by atoms with Gasteiger partial charge in [-0.05, 0) is 31.9 Å². The first-order chi connectivity index (χ1) is 12.0. The van der Waals surface area contributed by atoms with Crippen molar-refractivity contribution in [1.82, 2.24) is 0 Å². The highest BCUT2D eigenvalue weighted by atomic mass is 32.2. The standard InChI is InChI=1S/C19H32O5S/c1-4-6-13-22-16-18(23-14-7-5-2)12-15-24-25(20,21)19-10-8-17(3)9-11-19/h8-11,18H,4-7,12-16H2,1-3H3/t18-/m1/s1. The lowest BCUT2D eigenvalue weighted by Crippen LogP contribution is -2.23. The zero-order valence-corrected chi connectivity index (χ0v) is 16.5. The van der Waals surface area contributed by atoms with Gasteiger partial charge in [-0.1, -0.05) is 44.4 Å². The Labute approximate surface area is 152 Å². The molecule has 0 saturated carbocycles. The number of aryl methyl sites for hydroxylation is 1. The normalized spacial score (nSPS) is 13.1. The molecule has 0 amide bonds. The molecule has 25 heavy (non-hydrogen) atoms. The van der Waals surface area contributed by atoms with Crippen molar-refractivity contribution in [3.05, 3.63) is 29.8 Å². The van der Waals surface area contributed by atoms with Crippen LogP contribution in [0.15, 0.2) is 29.2 Å². The summed E-state index contributed by atoms with van der Waals surface area (Å²) in [6.07, 6.45) is 4.48. The molecule has 0 heterocycles. The van der Waals surface area contributed by atoms with Crippen LogP contribution < -0.4 is 0 Å². The van der Waals surface area contributed by atoms with Gasteiger partial charge in [0.2, 0.25) is 0 Å². The Bertz CT molecular complexity index is 554. The zero-order chi connectivity index (χ0) is 18.5. The van der Waals surface area contributed by atoms with E-state index in [1.807, 2.05) is 6.92 Å². The van der Waals surface area contributed by atoms with Gasteiger partial charge in [0.15, 0.2) is 0 Å². The van der Waals surface area contributed by atoms with Gasteiger partial charge in [0.1, 0.15) is 0 Å². The molecule has 0 aliphatic carbocycles. The van der Waals surface area contributed by atoms with Crippen molar-refractivity contribution in [3.8, 4) is 0 Å². The Morgan fingerprint density at radius 2 is 1.60 bits per heavy atom. The molecule has 0 aliphatic rings. The predicted octanol–water partition coefficient (Wildman–Crippen LogP) is 4.09. The zero-order valence-electron chi connectivity index (χ0n) is 15.7. The minimum Gasteiger partial charge on any atom is -0.379 e. The molecule has 0 saturated heterocycles. The maximum absolute atomic E-state index is 12.2. The number of benzene rings is 1. The first-order valence-corrected chi connectivity index (χ1v) is 10.6. The van der Waals surface area contributed by atoms with Gasteiger partial charge in [-0.25, -0.2) is 0 Å². The third-order valence-corrected chi connectivity index (χ3v) is 5.11. The van der Waals surface area contributed by atoms with Crippen molar-refractivity contribution in [2.24, 2.45) is 0 Å². The topological polar surface area (TPSA) is 61.8 Å². The molecule has 6 heteroatoms.